The van der Waals surface area contributed by atoms with Crippen molar-refractivity contribution in [2.45, 2.75) is 43.7 Å². The Labute approximate surface area is 124 Å². The van der Waals surface area contributed by atoms with Gasteiger partial charge < -0.3 is 10.4 Å². The van der Waals surface area contributed by atoms with E-state index in [0.717, 1.165) is 37.8 Å². The maximum Gasteiger partial charge on any atom is 0.0706 e. The Kier molecular flexibility index (Phi) is 3.78. The van der Waals surface area contributed by atoms with Crippen molar-refractivity contribution < 1.29 is 5.11 Å². The first-order valence-electron chi connectivity index (χ1n) is 7.01. The lowest BCUT2D eigenvalue weighted by Crippen LogP contribution is -2.53. The third-order valence-corrected chi connectivity index (χ3v) is 5.54. The normalized spacial score (nSPS) is 34.9. The molecule has 4 heteroatoms. The number of aliphatic hydroxyl groups is 1. The number of nitrogens with one attached hydrogen (secondary N) is 1. The van der Waals surface area contributed by atoms with Gasteiger partial charge in [0, 0.05) is 12.0 Å². The van der Waals surface area contributed by atoms with Crippen molar-refractivity contribution in [2.24, 2.45) is 5.92 Å². The fourth-order valence-electron chi connectivity index (χ4n) is 3.71. The van der Waals surface area contributed by atoms with Crippen LogP contribution in [0.2, 0.25) is 10.0 Å². The van der Waals surface area contributed by atoms with Crippen molar-refractivity contribution in [3.63, 3.8) is 0 Å². The molecule has 2 fully saturated rings. The van der Waals surface area contributed by atoms with Gasteiger partial charge in [-0.15, -0.1) is 0 Å². The number of halogens is 2. The Bertz CT molecular complexity index is 475. The maximum atomic E-state index is 10.9. The molecule has 0 radical (unpaired) electrons. The predicted octanol–water partition coefficient (Wildman–Crippen LogP) is 3.95. The third kappa shape index (κ3) is 2.40. The Morgan fingerprint density at radius 3 is 2.89 bits per heavy atom. The molecule has 0 spiro atoms. The topological polar surface area (TPSA) is 32.3 Å². The van der Waals surface area contributed by atoms with Gasteiger partial charge in [-0.1, -0.05) is 48.2 Å². The van der Waals surface area contributed by atoms with Gasteiger partial charge in [-0.25, -0.2) is 0 Å². The molecular formula is C15H19Cl2NO. The minimum absolute atomic E-state index is 0.116. The molecule has 0 amide bonds. The van der Waals surface area contributed by atoms with Crippen LogP contribution in [0.4, 0.5) is 0 Å². The van der Waals surface area contributed by atoms with E-state index in [-0.39, 0.29) is 12.0 Å². The molecule has 2 aliphatic rings. The van der Waals surface area contributed by atoms with E-state index in [1.807, 2.05) is 18.2 Å². The zero-order chi connectivity index (χ0) is 13.5. The van der Waals surface area contributed by atoms with E-state index >= 15 is 0 Å². The summed E-state index contributed by atoms with van der Waals surface area (Å²) in [6, 6.07) is 5.88. The molecule has 1 aromatic rings. The minimum atomic E-state index is -0.528. The SMILES string of the molecule is OC12CCCCC1C(c1cccc(Cl)c1Cl)NCC2. The fraction of sp³-hybridized carbons (Fsp3) is 0.600. The Balaban J connectivity index is 1.97. The highest BCUT2D eigenvalue weighted by atomic mass is 35.5. The van der Waals surface area contributed by atoms with Crippen LogP contribution >= 0.6 is 23.2 Å². The Morgan fingerprint density at radius 2 is 2.05 bits per heavy atom. The van der Waals surface area contributed by atoms with Crippen molar-refractivity contribution in [3.05, 3.63) is 33.8 Å². The highest BCUT2D eigenvalue weighted by molar-refractivity contribution is 6.42. The second-order valence-electron chi connectivity index (χ2n) is 5.78. The van der Waals surface area contributed by atoms with E-state index in [1.54, 1.807) is 0 Å². The van der Waals surface area contributed by atoms with Crippen LogP contribution in [0.25, 0.3) is 0 Å². The molecule has 1 saturated heterocycles. The van der Waals surface area contributed by atoms with E-state index in [1.165, 1.54) is 6.42 Å². The van der Waals surface area contributed by atoms with Crippen molar-refractivity contribution in [2.75, 3.05) is 6.54 Å². The van der Waals surface area contributed by atoms with Crippen molar-refractivity contribution >= 4 is 23.2 Å². The maximum absolute atomic E-state index is 10.9. The molecule has 19 heavy (non-hydrogen) atoms. The van der Waals surface area contributed by atoms with Crippen LogP contribution < -0.4 is 5.32 Å². The molecule has 1 heterocycles. The van der Waals surface area contributed by atoms with Crippen molar-refractivity contribution in [3.8, 4) is 0 Å². The molecule has 1 aliphatic heterocycles. The first-order chi connectivity index (χ1) is 9.12. The molecule has 2 nitrogen and oxygen atoms in total. The largest absolute Gasteiger partial charge is 0.389 e. The zero-order valence-electron chi connectivity index (χ0n) is 10.8. The third-order valence-electron chi connectivity index (χ3n) is 4.71. The average molecular weight is 300 g/mol. The second-order valence-corrected chi connectivity index (χ2v) is 6.57. The summed E-state index contributed by atoms with van der Waals surface area (Å²) in [6.45, 7) is 0.834. The molecule has 1 aliphatic carbocycles. The molecule has 1 aromatic carbocycles. The molecule has 3 unspecified atom stereocenters. The highest BCUT2D eigenvalue weighted by Crippen LogP contribution is 2.47. The van der Waals surface area contributed by atoms with E-state index in [0.29, 0.717) is 10.0 Å². The average Bonchev–Trinajstić information content (AvgIpc) is 2.40. The van der Waals surface area contributed by atoms with Gasteiger partial charge in [0.1, 0.15) is 0 Å². The van der Waals surface area contributed by atoms with Gasteiger partial charge in [0.05, 0.1) is 15.6 Å². The van der Waals surface area contributed by atoms with Crippen LogP contribution in [0.15, 0.2) is 18.2 Å². The molecule has 0 bridgehead atoms. The standard InChI is InChI=1S/C15H19Cl2NO/c16-12-6-3-4-10(13(12)17)14-11-5-1-2-7-15(11,19)8-9-18-14/h3-4,6,11,14,18-19H,1-2,5,7-9H2. The van der Waals surface area contributed by atoms with Crippen LogP contribution in [0.1, 0.15) is 43.7 Å². The summed E-state index contributed by atoms with van der Waals surface area (Å²) in [6.07, 6.45) is 5.11. The van der Waals surface area contributed by atoms with Crippen LogP contribution in [-0.2, 0) is 0 Å². The molecule has 0 aromatic heterocycles. The van der Waals surface area contributed by atoms with Gasteiger partial charge in [0.15, 0.2) is 0 Å². The molecule has 2 N–H and O–H groups in total. The fourth-order valence-corrected chi connectivity index (χ4v) is 4.14. The number of rotatable bonds is 1. The van der Waals surface area contributed by atoms with E-state index in [9.17, 15) is 5.11 Å². The summed E-state index contributed by atoms with van der Waals surface area (Å²) in [4.78, 5) is 0. The van der Waals surface area contributed by atoms with Gasteiger partial charge in [-0.05, 0) is 37.4 Å². The van der Waals surface area contributed by atoms with Gasteiger partial charge in [-0.2, -0.15) is 0 Å². The van der Waals surface area contributed by atoms with Crippen LogP contribution in [0.5, 0.6) is 0 Å². The predicted molar refractivity (Wildman–Crippen MR) is 78.7 cm³/mol. The summed E-state index contributed by atoms with van der Waals surface area (Å²) < 4.78 is 0. The summed E-state index contributed by atoms with van der Waals surface area (Å²) in [7, 11) is 0. The van der Waals surface area contributed by atoms with E-state index in [2.05, 4.69) is 5.32 Å². The summed E-state index contributed by atoms with van der Waals surface area (Å²) in [5, 5.41) is 15.6. The first-order valence-corrected chi connectivity index (χ1v) is 7.77. The van der Waals surface area contributed by atoms with Gasteiger partial charge >= 0.3 is 0 Å². The minimum Gasteiger partial charge on any atom is -0.389 e. The number of piperidine rings is 1. The molecule has 3 rings (SSSR count). The van der Waals surface area contributed by atoms with Crippen LogP contribution in [-0.4, -0.2) is 17.3 Å². The molecular weight excluding hydrogens is 281 g/mol. The Morgan fingerprint density at radius 1 is 1.21 bits per heavy atom. The summed E-state index contributed by atoms with van der Waals surface area (Å²) in [5.41, 5.74) is 0.499. The van der Waals surface area contributed by atoms with E-state index in [4.69, 9.17) is 23.2 Å². The molecule has 1 saturated carbocycles. The number of fused-ring (bicyclic) bond motifs is 1. The number of hydrogen-bond acceptors (Lipinski definition) is 2. The van der Waals surface area contributed by atoms with Gasteiger partial charge in [0.2, 0.25) is 0 Å². The van der Waals surface area contributed by atoms with Gasteiger partial charge in [-0.3, -0.25) is 0 Å². The summed E-state index contributed by atoms with van der Waals surface area (Å²) >= 11 is 12.5. The molecule has 3 atom stereocenters. The summed E-state index contributed by atoms with van der Waals surface area (Å²) in [5.74, 6) is 0.242. The lowest BCUT2D eigenvalue weighted by Gasteiger charge is -2.48. The lowest BCUT2D eigenvalue weighted by atomic mass is 9.67. The van der Waals surface area contributed by atoms with Crippen LogP contribution in [0, 0.1) is 5.92 Å². The quantitative estimate of drug-likeness (QED) is 0.823. The lowest BCUT2D eigenvalue weighted by molar-refractivity contribution is -0.0861. The van der Waals surface area contributed by atoms with Crippen molar-refractivity contribution in [1.29, 1.82) is 0 Å². The monoisotopic (exact) mass is 299 g/mol. The van der Waals surface area contributed by atoms with Crippen LogP contribution in [0.3, 0.4) is 0 Å². The number of hydrogen-bond donors (Lipinski definition) is 2. The van der Waals surface area contributed by atoms with E-state index < -0.39 is 5.60 Å². The second kappa shape index (κ2) is 5.25. The van der Waals surface area contributed by atoms with Gasteiger partial charge in [0.25, 0.3) is 0 Å². The smallest absolute Gasteiger partial charge is 0.0706 e. The first kappa shape index (κ1) is 13.7. The highest BCUT2D eigenvalue weighted by Gasteiger charge is 2.46. The van der Waals surface area contributed by atoms with Crippen molar-refractivity contribution in [1.82, 2.24) is 5.32 Å². The Hall–Kier alpha value is -0.280. The molecule has 104 valence electrons. The zero-order valence-corrected chi connectivity index (χ0v) is 12.3. The number of benzene rings is 1.